The van der Waals surface area contributed by atoms with Crippen molar-refractivity contribution >= 4 is 22.4 Å². The van der Waals surface area contributed by atoms with Gasteiger partial charge >= 0.3 is 5.97 Å². The molecule has 24 heavy (non-hydrogen) atoms. The highest BCUT2D eigenvalue weighted by molar-refractivity contribution is 5.94. The van der Waals surface area contributed by atoms with Crippen molar-refractivity contribution in [2.45, 2.75) is 27.4 Å². The zero-order valence-electron chi connectivity index (χ0n) is 13.4. The van der Waals surface area contributed by atoms with E-state index in [4.69, 9.17) is 4.74 Å². The summed E-state index contributed by atoms with van der Waals surface area (Å²) in [5, 5.41) is 40.4. The summed E-state index contributed by atoms with van der Waals surface area (Å²) in [6, 6.07) is 3.54. The maximum absolute atomic E-state index is 11.8. The first-order valence-corrected chi connectivity index (χ1v) is 7.04. The van der Waals surface area contributed by atoms with Crippen LogP contribution >= 0.6 is 0 Å². The summed E-state index contributed by atoms with van der Waals surface area (Å²) < 4.78 is 5.10. The highest BCUT2D eigenvalue weighted by atomic mass is 16.6. The maximum Gasteiger partial charge on any atom is 0.311 e. The Morgan fingerprint density at radius 3 is 2.33 bits per heavy atom. The molecule has 0 bridgehead atoms. The number of benzene rings is 2. The fourth-order valence-electron chi connectivity index (χ4n) is 2.09. The molecule has 0 amide bonds. The van der Waals surface area contributed by atoms with Crippen LogP contribution in [0.4, 0.5) is 5.69 Å². The zero-order valence-corrected chi connectivity index (χ0v) is 13.4. The van der Waals surface area contributed by atoms with Gasteiger partial charge < -0.3 is 20.1 Å². The molecule has 2 aromatic rings. The molecule has 0 aliphatic rings. The van der Waals surface area contributed by atoms with E-state index in [1.165, 1.54) is 6.07 Å². The van der Waals surface area contributed by atoms with E-state index in [0.29, 0.717) is 0 Å². The van der Waals surface area contributed by atoms with Crippen LogP contribution in [0.1, 0.15) is 26.3 Å². The van der Waals surface area contributed by atoms with Gasteiger partial charge in [0.15, 0.2) is 11.5 Å². The number of rotatable bonds is 3. The molecule has 0 aliphatic heterocycles. The molecule has 3 N–H and O–H groups in total. The second-order valence-electron chi connectivity index (χ2n) is 6.38. The first kappa shape index (κ1) is 17.3. The number of nitrogens with zero attached hydrogens (tertiary/aromatic N) is 1. The maximum atomic E-state index is 11.8. The Kier molecular flexibility index (Phi) is 4.24. The molecule has 0 saturated carbocycles. The van der Waals surface area contributed by atoms with Crippen LogP contribution in [0.2, 0.25) is 0 Å². The lowest BCUT2D eigenvalue weighted by Gasteiger charge is -2.16. The van der Waals surface area contributed by atoms with Gasteiger partial charge in [-0.3, -0.25) is 14.9 Å². The Labute approximate surface area is 137 Å². The number of fused-ring (bicyclic) bond motifs is 1. The summed E-state index contributed by atoms with van der Waals surface area (Å²) in [5.74, 6) is -2.50. The zero-order chi connectivity index (χ0) is 18.2. The molecule has 8 heteroatoms. The molecule has 0 fully saturated rings. The third kappa shape index (κ3) is 3.17. The molecule has 128 valence electrons. The largest absolute Gasteiger partial charge is 0.504 e. The van der Waals surface area contributed by atoms with Crippen molar-refractivity contribution in [2.24, 2.45) is 5.41 Å². The lowest BCUT2D eigenvalue weighted by atomic mass is 9.97. The molecule has 0 radical (unpaired) electrons. The molecule has 2 aromatic carbocycles. The number of phenolic OH excluding ortho intramolecular Hbond substituents is 3. The number of hydrogen-bond acceptors (Lipinski definition) is 7. The number of nitro groups is 1. The molecular formula is C16H17NO7. The normalized spacial score (nSPS) is 11.5. The van der Waals surface area contributed by atoms with Crippen molar-refractivity contribution < 1.29 is 29.8 Å². The highest BCUT2D eigenvalue weighted by Gasteiger charge is 2.25. The van der Waals surface area contributed by atoms with E-state index < -0.39 is 33.6 Å². The van der Waals surface area contributed by atoms with Gasteiger partial charge in [-0.15, -0.1) is 0 Å². The topological polar surface area (TPSA) is 130 Å². The first-order chi connectivity index (χ1) is 11.0. The summed E-state index contributed by atoms with van der Waals surface area (Å²) >= 11 is 0. The predicted octanol–water partition coefficient (Wildman–Crippen LogP) is 2.95. The molecule has 0 atom stereocenters. The van der Waals surface area contributed by atoms with Crippen molar-refractivity contribution in [3.05, 3.63) is 33.9 Å². The van der Waals surface area contributed by atoms with Gasteiger partial charge in [0, 0.05) is 11.5 Å². The Hall–Kier alpha value is -3.03. The lowest BCUT2D eigenvalue weighted by Crippen LogP contribution is -2.22. The van der Waals surface area contributed by atoms with E-state index in [1.54, 1.807) is 20.8 Å². The average molecular weight is 335 g/mol. The molecule has 0 aliphatic carbocycles. The molecular weight excluding hydrogens is 318 g/mol. The number of aromatic hydroxyl groups is 3. The molecule has 0 heterocycles. The van der Waals surface area contributed by atoms with Gasteiger partial charge in [-0.1, -0.05) is 0 Å². The van der Waals surface area contributed by atoms with Crippen molar-refractivity contribution in [1.29, 1.82) is 0 Å². The first-order valence-electron chi connectivity index (χ1n) is 7.04. The summed E-state index contributed by atoms with van der Waals surface area (Å²) in [5.41, 5.74) is -1.02. The van der Waals surface area contributed by atoms with E-state index in [1.807, 2.05) is 0 Å². The quantitative estimate of drug-likeness (QED) is 0.340. The summed E-state index contributed by atoms with van der Waals surface area (Å²) in [7, 11) is 0. The standard InChI is InChI=1S/C16H17NO7/c1-16(2,3)15(21)24-7-9-4-8-5-12(18)14(20)13(19)10(8)6-11(9)17(22)23/h4-6,18-20H,7H2,1-3H3. The van der Waals surface area contributed by atoms with Crippen LogP contribution in [0, 0.1) is 15.5 Å². The number of ether oxygens (including phenoxy) is 1. The van der Waals surface area contributed by atoms with Gasteiger partial charge in [0.25, 0.3) is 5.69 Å². The Morgan fingerprint density at radius 1 is 1.17 bits per heavy atom. The Morgan fingerprint density at radius 2 is 1.79 bits per heavy atom. The fraction of sp³-hybridized carbons (Fsp3) is 0.312. The Bertz CT molecular complexity index is 837. The average Bonchev–Trinajstić information content (AvgIpc) is 2.48. The van der Waals surface area contributed by atoms with E-state index in [0.717, 1.165) is 12.1 Å². The van der Waals surface area contributed by atoms with Gasteiger partial charge in [-0.2, -0.15) is 0 Å². The number of nitro benzene ring substituents is 1. The lowest BCUT2D eigenvalue weighted by molar-refractivity contribution is -0.385. The minimum absolute atomic E-state index is 0.00268. The second kappa shape index (κ2) is 5.88. The van der Waals surface area contributed by atoms with Gasteiger partial charge in [-0.05, 0) is 38.3 Å². The third-order valence-electron chi connectivity index (χ3n) is 3.43. The smallest absolute Gasteiger partial charge is 0.311 e. The van der Waals surface area contributed by atoms with Crippen molar-refractivity contribution in [2.75, 3.05) is 0 Å². The minimum atomic E-state index is -0.760. The van der Waals surface area contributed by atoms with Crippen LogP contribution in [0.25, 0.3) is 10.8 Å². The van der Waals surface area contributed by atoms with E-state index in [9.17, 15) is 30.2 Å². The number of esters is 1. The van der Waals surface area contributed by atoms with Crippen molar-refractivity contribution in [3.8, 4) is 17.2 Å². The van der Waals surface area contributed by atoms with Gasteiger partial charge in [-0.25, -0.2) is 0 Å². The van der Waals surface area contributed by atoms with Crippen LogP contribution in [0.5, 0.6) is 17.2 Å². The van der Waals surface area contributed by atoms with E-state index in [2.05, 4.69) is 0 Å². The second-order valence-corrected chi connectivity index (χ2v) is 6.38. The van der Waals surface area contributed by atoms with E-state index >= 15 is 0 Å². The fourth-order valence-corrected chi connectivity index (χ4v) is 2.09. The minimum Gasteiger partial charge on any atom is -0.504 e. The summed E-state index contributed by atoms with van der Waals surface area (Å²) in [6.07, 6.45) is 0. The van der Waals surface area contributed by atoms with Crippen LogP contribution in [-0.2, 0) is 16.1 Å². The van der Waals surface area contributed by atoms with Gasteiger partial charge in [0.1, 0.15) is 6.61 Å². The van der Waals surface area contributed by atoms with Crippen LogP contribution < -0.4 is 0 Å². The Balaban J connectivity index is 2.53. The summed E-state index contributed by atoms with van der Waals surface area (Å²) in [4.78, 5) is 22.4. The number of carbonyl (C=O) groups is 1. The van der Waals surface area contributed by atoms with Crippen molar-refractivity contribution in [3.63, 3.8) is 0 Å². The monoisotopic (exact) mass is 335 g/mol. The number of phenols is 3. The van der Waals surface area contributed by atoms with Crippen molar-refractivity contribution in [1.82, 2.24) is 0 Å². The van der Waals surface area contributed by atoms with Crippen LogP contribution in [0.15, 0.2) is 18.2 Å². The molecule has 8 nitrogen and oxygen atoms in total. The van der Waals surface area contributed by atoms with E-state index in [-0.39, 0.29) is 28.6 Å². The summed E-state index contributed by atoms with van der Waals surface area (Å²) in [6.45, 7) is 4.64. The predicted molar refractivity (Wildman–Crippen MR) is 84.8 cm³/mol. The molecule has 0 saturated heterocycles. The molecule has 0 spiro atoms. The molecule has 0 aromatic heterocycles. The highest BCUT2D eigenvalue weighted by Crippen LogP contribution is 2.43. The van der Waals surface area contributed by atoms with Gasteiger partial charge in [0.05, 0.1) is 15.9 Å². The van der Waals surface area contributed by atoms with Gasteiger partial charge in [0.2, 0.25) is 5.75 Å². The molecule has 2 rings (SSSR count). The van der Waals surface area contributed by atoms with Crippen LogP contribution in [-0.4, -0.2) is 26.2 Å². The number of carbonyl (C=O) groups excluding carboxylic acids is 1. The number of hydrogen-bond donors (Lipinski definition) is 3. The van der Waals surface area contributed by atoms with Crippen LogP contribution in [0.3, 0.4) is 0 Å². The third-order valence-corrected chi connectivity index (χ3v) is 3.43. The SMILES string of the molecule is CC(C)(C)C(=O)OCc1cc2cc(O)c(O)c(O)c2cc1[N+](=O)[O-]. The molecule has 0 unspecified atom stereocenters.